The molecule has 0 spiro atoms. The first kappa shape index (κ1) is 15.7. The predicted molar refractivity (Wildman–Crippen MR) is 88.3 cm³/mol. The number of likely N-dealkylation sites (N-methyl/N-ethyl adjacent to an activating group) is 1. The molecule has 0 radical (unpaired) electrons. The van der Waals surface area contributed by atoms with Crippen LogP contribution in [-0.2, 0) is 0 Å². The molecule has 1 aliphatic rings. The van der Waals surface area contributed by atoms with E-state index in [-0.39, 0.29) is 17.6 Å². The molecule has 9 heteroatoms. The van der Waals surface area contributed by atoms with E-state index in [1.165, 1.54) is 12.3 Å². The van der Waals surface area contributed by atoms with Gasteiger partial charge in [-0.15, -0.1) is 0 Å². The Morgan fingerprint density at radius 2 is 2.16 bits per heavy atom. The number of hydrogen-bond acceptors (Lipinski definition) is 5. The molecule has 2 aromatic heterocycles. The van der Waals surface area contributed by atoms with Crippen LogP contribution < -0.4 is 10.9 Å². The topological polar surface area (TPSA) is 89.7 Å². The van der Waals surface area contributed by atoms with Gasteiger partial charge in [0.2, 0.25) is 5.95 Å². The van der Waals surface area contributed by atoms with E-state index in [0.29, 0.717) is 22.5 Å². The van der Waals surface area contributed by atoms with Gasteiger partial charge in [0.15, 0.2) is 17.3 Å². The van der Waals surface area contributed by atoms with Crippen LogP contribution in [0.1, 0.15) is 18.0 Å². The lowest BCUT2D eigenvalue weighted by molar-refractivity contribution is 0.307. The number of H-pyrrole nitrogens is 2. The summed E-state index contributed by atoms with van der Waals surface area (Å²) >= 11 is 0. The van der Waals surface area contributed by atoms with Gasteiger partial charge in [0.05, 0.1) is 12.2 Å². The molecule has 1 aromatic carbocycles. The Morgan fingerprint density at radius 3 is 2.96 bits per heavy atom. The summed E-state index contributed by atoms with van der Waals surface area (Å²) < 4.78 is 26.8. The lowest BCUT2D eigenvalue weighted by atomic mass is 10.00. The zero-order valence-electron chi connectivity index (χ0n) is 13.4. The fourth-order valence-electron chi connectivity index (χ4n) is 3.37. The van der Waals surface area contributed by atoms with E-state index < -0.39 is 11.6 Å². The van der Waals surface area contributed by atoms with E-state index in [1.54, 1.807) is 6.07 Å². The molecule has 3 heterocycles. The summed E-state index contributed by atoms with van der Waals surface area (Å²) in [6.45, 7) is 0.776. The lowest BCUT2D eigenvalue weighted by Gasteiger charge is -2.26. The Balaban J connectivity index is 1.65. The zero-order valence-corrected chi connectivity index (χ0v) is 13.4. The summed E-state index contributed by atoms with van der Waals surface area (Å²) in [7, 11) is 1.92. The molecule has 3 aromatic rings. The summed E-state index contributed by atoms with van der Waals surface area (Å²) in [5.41, 5.74) is 0.764. The van der Waals surface area contributed by atoms with Crippen molar-refractivity contribution in [3.63, 3.8) is 0 Å². The zero-order chi connectivity index (χ0) is 17.6. The number of rotatable bonds is 3. The van der Waals surface area contributed by atoms with Crippen LogP contribution in [0, 0.1) is 11.6 Å². The molecule has 0 saturated carbocycles. The molecular formula is C16H16F2N6O. The molecule has 4 rings (SSSR count). The van der Waals surface area contributed by atoms with E-state index >= 15 is 0 Å². The van der Waals surface area contributed by atoms with Gasteiger partial charge in [-0.2, -0.15) is 10.1 Å². The van der Waals surface area contributed by atoms with Crippen LogP contribution >= 0.6 is 0 Å². The van der Waals surface area contributed by atoms with Gasteiger partial charge in [-0.3, -0.25) is 19.8 Å². The highest BCUT2D eigenvalue weighted by Crippen LogP contribution is 2.33. The van der Waals surface area contributed by atoms with Crippen LogP contribution in [0.25, 0.3) is 11.0 Å². The van der Waals surface area contributed by atoms with Gasteiger partial charge in [-0.25, -0.2) is 8.78 Å². The van der Waals surface area contributed by atoms with Crippen LogP contribution in [0.2, 0.25) is 0 Å². The van der Waals surface area contributed by atoms with Gasteiger partial charge in [0.1, 0.15) is 5.39 Å². The predicted octanol–water partition coefficient (Wildman–Crippen LogP) is 1.78. The number of fused-ring (bicyclic) bond motifs is 1. The van der Waals surface area contributed by atoms with E-state index in [2.05, 4.69) is 30.4 Å². The molecule has 1 aliphatic heterocycles. The maximum atomic E-state index is 13.6. The molecule has 0 bridgehead atoms. The Kier molecular flexibility index (Phi) is 3.72. The molecule has 25 heavy (non-hydrogen) atoms. The molecule has 130 valence electrons. The number of halogens is 2. The number of nitrogens with one attached hydrogen (secondary N) is 3. The summed E-state index contributed by atoms with van der Waals surface area (Å²) in [4.78, 5) is 21.1. The fraction of sp³-hybridized carbons (Fsp3) is 0.312. The normalized spacial score (nSPS) is 21.1. The highest BCUT2D eigenvalue weighted by Gasteiger charge is 2.34. The summed E-state index contributed by atoms with van der Waals surface area (Å²) in [6.07, 6.45) is 2.18. The number of benzene rings is 1. The van der Waals surface area contributed by atoms with E-state index in [4.69, 9.17) is 0 Å². The molecule has 0 amide bonds. The third-order valence-electron chi connectivity index (χ3n) is 4.58. The number of nitrogens with zero attached hydrogens (tertiary/aromatic N) is 3. The summed E-state index contributed by atoms with van der Waals surface area (Å²) in [6, 6.07) is 3.64. The number of aromatic amines is 2. The monoisotopic (exact) mass is 346 g/mol. The Hall–Kier alpha value is -2.81. The average Bonchev–Trinajstić information content (AvgIpc) is 3.18. The van der Waals surface area contributed by atoms with Crippen LogP contribution in [0.5, 0.6) is 0 Å². The second kappa shape index (κ2) is 5.92. The first-order valence-corrected chi connectivity index (χ1v) is 7.88. The third kappa shape index (κ3) is 2.76. The van der Waals surface area contributed by atoms with Crippen molar-refractivity contribution in [2.45, 2.75) is 18.5 Å². The molecule has 2 unspecified atom stereocenters. The number of likely N-dealkylation sites (tertiary alicyclic amines) is 1. The molecule has 7 nitrogen and oxygen atoms in total. The van der Waals surface area contributed by atoms with Gasteiger partial charge >= 0.3 is 0 Å². The molecule has 1 saturated heterocycles. The number of aromatic nitrogens is 4. The van der Waals surface area contributed by atoms with Crippen molar-refractivity contribution in [1.82, 2.24) is 25.1 Å². The highest BCUT2D eigenvalue weighted by molar-refractivity contribution is 5.73. The summed E-state index contributed by atoms with van der Waals surface area (Å²) in [5.74, 6) is -1.43. The van der Waals surface area contributed by atoms with E-state index in [9.17, 15) is 13.6 Å². The first-order valence-electron chi connectivity index (χ1n) is 7.88. The van der Waals surface area contributed by atoms with Crippen molar-refractivity contribution in [1.29, 1.82) is 0 Å². The van der Waals surface area contributed by atoms with Crippen LogP contribution in [0.4, 0.5) is 14.7 Å². The maximum absolute atomic E-state index is 13.6. The molecule has 3 N–H and O–H groups in total. The van der Waals surface area contributed by atoms with Crippen molar-refractivity contribution in [3.05, 3.63) is 51.9 Å². The van der Waals surface area contributed by atoms with Gasteiger partial charge in [-0.05, 0) is 31.2 Å². The largest absolute Gasteiger partial charge is 0.351 e. The Bertz CT molecular complexity index is 984. The quantitative estimate of drug-likeness (QED) is 0.673. The van der Waals surface area contributed by atoms with Crippen LogP contribution in [-0.4, -0.2) is 44.7 Å². The minimum absolute atomic E-state index is 0.113. The van der Waals surface area contributed by atoms with Crippen molar-refractivity contribution in [2.24, 2.45) is 0 Å². The van der Waals surface area contributed by atoms with Crippen molar-refractivity contribution in [2.75, 3.05) is 18.9 Å². The van der Waals surface area contributed by atoms with Crippen molar-refractivity contribution in [3.8, 4) is 0 Å². The van der Waals surface area contributed by atoms with Gasteiger partial charge in [0, 0.05) is 12.6 Å². The van der Waals surface area contributed by atoms with Gasteiger partial charge < -0.3 is 5.32 Å². The third-order valence-corrected chi connectivity index (χ3v) is 4.58. The minimum Gasteiger partial charge on any atom is -0.351 e. The maximum Gasteiger partial charge on any atom is 0.263 e. The standard InChI is InChI=1S/C16H16F2N6O/c1-24-5-4-12(13(24)8-2-3-10(17)11(18)6-8)20-16-21-14-9(7-19-23-14)15(25)22-16/h2-3,6-7,12-13H,4-5H2,1H3,(H3,19,20,21,22,23,25). The van der Waals surface area contributed by atoms with E-state index in [0.717, 1.165) is 19.0 Å². The van der Waals surface area contributed by atoms with Crippen LogP contribution in [0.3, 0.4) is 0 Å². The number of anilines is 1. The first-order chi connectivity index (χ1) is 12.0. The lowest BCUT2D eigenvalue weighted by Crippen LogP contribution is -2.30. The second-order valence-corrected chi connectivity index (χ2v) is 6.19. The van der Waals surface area contributed by atoms with Crippen molar-refractivity contribution >= 4 is 17.0 Å². The molecular weight excluding hydrogens is 330 g/mol. The number of hydrogen-bond donors (Lipinski definition) is 3. The molecule has 0 aliphatic carbocycles. The average molecular weight is 346 g/mol. The minimum atomic E-state index is -0.873. The molecule has 1 fully saturated rings. The SMILES string of the molecule is CN1CCC(Nc2nc3[nH]ncc3c(=O)[nH]2)C1c1ccc(F)c(F)c1. The van der Waals surface area contributed by atoms with Crippen molar-refractivity contribution < 1.29 is 8.78 Å². The Labute approximate surface area is 141 Å². The van der Waals surface area contributed by atoms with E-state index in [1.807, 2.05) is 7.05 Å². The fourth-order valence-corrected chi connectivity index (χ4v) is 3.37. The Morgan fingerprint density at radius 1 is 1.32 bits per heavy atom. The molecule has 2 atom stereocenters. The van der Waals surface area contributed by atoms with Gasteiger partial charge in [-0.1, -0.05) is 6.07 Å². The summed E-state index contributed by atoms with van der Waals surface area (Å²) in [5, 5.41) is 10.1. The highest BCUT2D eigenvalue weighted by atomic mass is 19.2. The second-order valence-electron chi connectivity index (χ2n) is 6.19. The van der Waals surface area contributed by atoms with Crippen LogP contribution in [0.15, 0.2) is 29.2 Å². The van der Waals surface area contributed by atoms with Gasteiger partial charge in [0.25, 0.3) is 5.56 Å². The smallest absolute Gasteiger partial charge is 0.263 e.